The minimum Gasteiger partial charge on any atom is -0.344 e. The molecule has 2 atom stereocenters. The summed E-state index contributed by atoms with van der Waals surface area (Å²) in [6.07, 6.45) is 2.59. The van der Waals surface area contributed by atoms with Crippen molar-refractivity contribution in [3.05, 3.63) is 30.3 Å². The highest BCUT2D eigenvalue weighted by Gasteiger charge is 2.30. The van der Waals surface area contributed by atoms with Crippen LogP contribution < -0.4 is 16.0 Å². The molecule has 0 bridgehead atoms. The van der Waals surface area contributed by atoms with Crippen LogP contribution in [0.5, 0.6) is 0 Å². The second-order valence-electron chi connectivity index (χ2n) is 5.60. The number of halogens is 1. The lowest BCUT2D eigenvalue weighted by Crippen LogP contribution is -2.52. The van der Waals surface area contributed by atoms with Gasteiger partial charge in [-0.2, -0.15) is 0 Å². The molecule has 0 spiro atoms. The van der Waals surface area contributed by atoms with Gasteiger partial charge in [0.1, 0.15) is 6.04 Å². The largest absolute Gasteiger partial charge is 0.344 e. The van der Waals surface area contributed by atoms with Crippen LogP contribution in [0.25, 0.3) is 0 Å². The summed E-state index contributed by atoms with van der Waals surface area (Å²) in [5.41, 5.74) is 6.53. The van der Waals surface area contributed by atoms with E-state index in [-0.39, 0.29) is 30.3 Å². The minimum atomic E-state index is -0.417. The number of hydrogen-bond acceptors (Lipinski definition) is 3. The lowest BCUT2D eigenvalue weighted by Gasteiger charge is -2.32. The monoisotopic (exact) mass is 325 g/mol. The molecule has 122 valence electrons. The summed E-state index contributed by atoms with van der Waals surface area (Å²) in [6.45, 7) is 2.57. The van der Waals surface area contributed by atoms with E-state index >= 15 is 0 Å². The summed E-state index contributed by atoms with van der Waals surface area (Å²) in [4.78, 5) is 26.1. The van der Waals surface area contributed by atoms with Gasteiger partial charge in [0.25, 0.3) is 0 Å². The zero-order valence-corrected chi connectivity index (χ0v) is 13.6. The number of amides is 2. The number of rotatable bonds is 5. The lowest BCUT2D eigenvalue weighted by atomic mass is 10.0. The third-order valence-electron chi connectivity index (χ3n) is 3.67. The molecule has 0 radical (unpaired) electrons. The summed E-state index contributed by atoms with van der Waals surface area (Å²) < 4.78 is 0. The van der Waals surface area contributed by atoms with Gasteiger partial charge in [0, 0.05) is 24.7 Å². The Morgan fingerprint density at radius 2 is 2.09 bits per heavy atom. The van der Waals surface area contributed by atoms with Gasteiger partial charge < -0.3 is 16.0 Å². The maximum absolute atomic E-state index is 12.5. The normalized spacial score (nSPS) is 19.3. The van der Waals surface area contributed by atoms with Crippen LogP contribution in [0.2, 0.25) is 0 Å². The van der Waals surface area contributed by atoms with E-state index in [0.29, 0.717) is 25.8 Å². The Morgan fingerprint density at radius 1 is 1.41 bits per heavy atom. The Hall–Kier alpha value is -1.59. The molecule has 1 heterocycles. The summed E-state index contributed by atoms with van der Waals surface area (Å²) in [5.74, 6) is -0.123. The number of para-hydroxylation sites is 1. The molecule has 1 aromatic rings. The summed E-state index contributed by atoms with van der Waals surface area (Å²) in [5, 5.41) is 2.84. The third kappa shape index (κ3) is 5.00. The number of benzene rings is 1. The van der Waals surface area contributed by atoms with Crippen LogP contribution in [0, 0.1) is 0 Å². The molecule has 2 amide bonds. The number of anilines is 1. The molecule has 1 aliphatic heterocycles. The van der Waals surface area contributed by atoms with E-state index in [1.807, 2.05) is 37.3 Å². The number of nitrogens with two attached hydrogens (primary N) is 1. The fourth-order valence-electron chi connectivity index (χ4n) is 2.50. The minimum absolute atomic E-state index is 0. The standard InChI is InChI=1S/C16H23N3O2.ClH/c1-12(17)9-10-15(20)18-14-8-5-11-19(16(14)21)13-6-3-2-4-7-13;/h2-4,6-7,12,14H,5,8-11,17H2,1H3,(H,18,20);1H. The molecular formula is C16H24ClN3O2. The number of carbonyl (C=O) groups excluding carboxylic acids is 2. The first-order valence-corrected chi connectivity index (χ1v) is 7.49. The predicted molar refractivity (Wildman–Crippen MR) is 90.1 cm³/mol. The van der Waals surface area contributed by atoms with Crippen LogP contribution in [0.15, 0.2) is 30.3 Å². The molecule has 1 saturated heterocycles. The molecule has 5 nitrogen and oxygen atoms in total. The molecule has 22 heavy (non-hydrogen) atoms. The molecule has 0 saturated carbocycles. The van der Waals surface area contributed by atoms with Gasteiger partial charge in [0.2, 0.25) is 11.8 Å². The van der Waals surface area contributed by atoms with Crippen molar-refractivity contribution >= 4 is 29.9 Å². The molecule has 1 aliphatic rings. The van der Waals surface area contributed by atoms with Gasteiger partial charge in [-0.1, -0.05) is 18.2 Å². The zero-order valence-electron chi connectivity index (χ0n) is 12.8. The highest BCUT2D eigenvalue weighted by Crippen LogP contribution is 2.20. The molecule has 1 fully saturated rings. The van der Waals surface area contributed by atoms with Crippen LogP contribution in [0.4, 0.5) is 5.69 Å². The first-order chi connectivity index (χ1) is 10.1. The maximum Gasteiger partial charge on any atom is 0.249 e. The maximum atomic E-state index is 12.5. The predicted octanol–water partition coefficient (Wildman–Crippen LogP) is 1.85. The van der Waals surface area contributed by atoms with Gasteiger partial charge in [-0.25, -0.2) is 0 Å². The number of hydrogen-bond donors (Lipinski definition) is 2. The van der Waals surface area contributed by atoms with Crippen LogP contribution in [-0.4, -0.2) is 30.4 Å². The molecule has 0 aromatic heterocycles. The van der Waals surface area contributed by atoms with Crippen molar-refractivity contribution in [1.82, 2.24) is 5.32 Å². The molecular weight excluding hydrogens is 302 g/mol. The van der Waals surface area contributed by atoms with Crippen molar-refractivity contribution in [1.29, 1.82) is 0 Å². The fourth-order valence-corrected chi connectivity index (χ4v) is 2.50. The average molecular weight is 326 g/mol. The number of carbonyl (C=O) groups is 2. The van der Waals surface area contributed by atoms with Crippen molar-refractivity contribution in [3.8, 4) is 0 Å². The van der Waals surface area contributed by atoms with Crippen LogP contribution in [0.1, 0.15) is 32.6 Å². The van der Waals surface area contributed by atoms with E-state index in [4.69, 9.17) is 5.73 Å². The fraction of sp³-hybridized carbons (Fsp3) is 0.500. The lowest BCUT2D eigenvalue weighted by molar-refractivity contribution is -0.128. The van der Waals surface area contributed by atoms with Crippen LogP contribution in [-0.2, 0) is 9.59 Å². The van der Waals surface area contributed by atoms with E-state index in [1.54, 1.807) is 4.90 Å². The van der Waals surface area contributed by atoms with Crippen molar-refractivity contribution in [2.75, 3.05) is 11.4 Å². The van der Waals surface area contributed by atoms with Gasteiger partial charge in [-0.05, 0) is 38.3 Å². The number of nitrogens with one attached hydrogen (secondary N) is 1. The smallest absolute Gasteiger partial charge is 0.249 e. The second-order valence-corrected chi connectivity index (χ2v) is 5.60. The van der Waals surface area contributed by atoms with Gasteiger partial charge in [0.05, 0.1) is 0 Å². The van der Waals surface area contributed by atoms with E-state index in [9.17, 15) is 9.59 Å². The molecule has 0 aliphatic carbocycles. The molecule has 6 heteroatoms. The first kappa shape index (κ1) is 18.5. The molecule has 1 aromatic carbocycles. The summed E-state index contributed by atoms with van der Waals surface area (Å²) >= 11 is 0. The summed E-state index contributed by atoms with van der Waals surface area (Å²) in [7, 11) is 0. The second kappa shape index (κ2) is 8.76. The van der Waals surface area contributed by atoms with Gasteiger partial charge in [-0.3, -0.25) is 9.59 Å². The molecule has 3 N–H and O–H groups in total. The van der Waals surface area contributed by atoms with Crippen molar-refractivity contribution in [2.24, 2.45) is 5.73 Å². The zero-order chi connectivity index (χ0) is 15.2. The number of nitrogens with zero attached hydrogens (tertiary/aromatic N) is 1. The Balaban J connectivity index is 0.00000242. The Morgan fingerprint density at radius 3 is 2.73 bits per heavy atom. The molecule has 2 rings (SSSR count). The van der Waals surface area contributed by atoms with E-state index in [0.717, 1.165) is 12.1 Å². The first-order valence-electron chi connectivity index (χ1n) is 7.49. The summed E-state index contributed by atoms with van der Waals surface area (Å²) in [6, 6.07) is 9.15. The van der Waals surface area contributed by atoms with Crippen molar-refractivity contribution in [3.63, 3.8) is 0 Å². The molecule has 2 unspecified atom stereocenters. The topological polar surface area (TPSA) is 75.4 Å². The average Bonchev–Trinajstić information content (AvgIpc) is 2.48. The van der Waals surface area contributed by atoms with E-state index in [2.05, 4.69) is 5.32 Å². The Kier molecular flexibility index (Phi) is 7.35. The van der Waals surface area contributed by atoms with Crippen LogP contribution >= 0.6 is 12.4 Å². The van der Waals surface area contributed by atoms with Crippen molar-refractivity contribution in [2.45, 2.75) is 44.7 Å². The Bertz CT molecular complexity index is 493. The van der Waals surface area contributed by atoms with Crippen molar-refractivity contribution < 1.29 is 9.59 Å². The van der Waals surface area contributed by atoms with E-state index < -0.39 is 6.04 Å². The van der Waals surface area contributed by atoms with Gasteiger partial charge in [0.15, 0.2) is 0 Å². The van der Waals surface area contributed by atoms with Crippen LogP contribution in [0.3, 0.4) is 0 Å². The van der Waals surface area contributed by atoms with Gasteiger partial charge in [-0.15, -0.1) is 12.4 Å². The highest BCUT2D eigenvalue weighted by atomic mass is 35.5. The number of piperidine rings is 1. The highest BCUT2D eigenvalue weighted by molar-refractivity contribution is 5.99. The Labute approximate surface area is 137 Å². The van der Waals surface area contributed by atoms with E-state index in [1.165, 1.54) is 0 Å². The quantitative estimate of drug-likeness (QED) is 0.867. The SMILES string of the molecule is CC(N)CCC(=O)NC1CCCN(c2ccccc2)C1=O.Cl. The third-order valence-corrected chi connectivity index (χ3v) is 3.67. The van der Waals surface area contributed by atoms with Gasteiger partial charge >= 0.3 is 0 Å².